The molecule has 19 heavy (non-hydrogen) atoms. The standard InChI is InChI=1S/C11H9N5O3/c17-11(14-15-7-12-13-8-15)6-5-9-3-1-2-4-10(9)16(18)19/h1-8H,(H,14,17). The summed E-state index contributed by atoms with van der Waals surface area (Å²) in [5, 5.41) is 17.8. The van der Waals surface area contributed by atoms with Gasteiger partial charge in [0.1, 0.15) is 12.7 Å². The average molecular weight is 259 g/mol. The second kappa shape index (κ2) is 5.54. The molecule has 0 radical (unpaired) electrons. The van der Waals surface area contributed by atoms with Gasteiger partial charge in [-0.1, -0.05) is 12.1 Å². The van der Waals surface area contributed by atoms with Gasteiger partial charge in [0.05, 0.1) is 10.5 Å². The summed E-state index contributed by atoms with van der Waals surface area (Å²) in [6.07, 6.45) is 5.20. The quantitative estimate of drug-likeness (QED) is 0.500. The number of carbonyl (C=O) groups excluding carboxylic acids is 1. The van der Waals surface area contributed by atoms with Gasteiger partial charge in [-0.15, -0.1) is 10.2 Å². The first-order chi connectivity index (χ1) is 9.16. The summed E-state index contributed by atoms with van der Waals surface area (Å²) in [6, 6.07) is 6.15. The first-order valence-electron chi connectivity index (χ1n) is 5.24. The van der Waals surface area contributed by atoms with Gasteiger partial charge in [0.15, 0.2) is 0 Å². The Morgan fingerprint density at radius 2 is 2.00 bits per heavy atom. The Bertz CT molecular complexity index is 621. The van der Waals surface area contributed by atoms with Gasteiger partial charge in [-0.25, -0.2) is 4.68 Å². The number of nitrogens with zero attached hydrogens (tertiary/aromatic N) is 4. The van der Waals surface area contributed by atoms with Gasteiger partial charge in [0.2, 0.25) is 0 Å². The Morgan fingerprint density at radius 3 is 2.68 bits per heavy atom. The fourth-order valence-corrected chi connectivity index (χ4v) is 1.38. The van der Waals surface area contributed by atoms with Crippen molar-refractivity contribution in [1.82, 2.24) is 14.9 Å². The Morgan fingerprint density at radius 1 is 1.32 bits per heavy atom. The highest BCUT2D eigenvalue weighted by atomic mass is 16.6. The van der Waals surface area contributed by atoms with Crippen molar-refractivity contribution in [3.8, 4) is 0 Å². The number of para-hydroxylation sites is 1. The Labute approximate surface area is 107 Å². The molecule has 1 N–H and O–H groups in total. The molecule has 0 bridgehead atoms. The molecule has 0 aliphatic carbocycles. The van der Waals surface area contributed by atoms with Crippen molar-refractivity contribution in [3.63, 3.8) is 0 Å². The zero-order chi connectivity index (χ0) is 13.7. The smallest absolute Gasteiger partial charge is 0.268 e. The zero-order valence-electron chi connectivity index (χ0n) is 9.63. The molecule has 0 aliphatic heterocycles. The van der Waals surface area contributed by atoms with Gasteiger partial charge in [-0.2, -0.15) is 0 Å². The summed E-state index contributed by atoms with van der Waals surface area (Å²) in [5.74, 6) is -0.446. The van der Waals surface area contributed by atoms with Crippen LogP contribution in [-0.4, -0.2) is 25.7 Å². The number of amides is 1. The number of nitro groups is 1. The summed E-state index contributed by atoms with van der Waals surface area (Å²) in [5.41, 5.74) is 2.73. The third kappa shape index (κ3) is 3.22. The summed E-state index contributed by atoms with van der Waals surface area (Å²) >= 11 is 0. The van der Waals surface area contributed by atoms with Crippen molar-refractivity contribution in [3.05, 3.63) is 58.7 Å². The number of hydrogen-bond acceptors (Lipinski definition) is 5. The third-order valence-electron chi connectivity index (χ3n) is 2.21. The van der Waals surface area contributed by atoms with Crippen LogP contribution in [0, 0.1) is 10.1 Å². The molecule has 8 heteroatoms. The molecular weight excluding hydrogens is 250 g/mol. The minimum Gasteiger partial charge on any atom is -0.268 e. The zero-order valence-corrected chi connectivity index (χ0v) is 9.63. The van der Waals surface area contributed by atoms with Gasteiger partial charge >= 0.3 is 0 Å². The Balaban J connectivity index is 2.10. The van der Waals surface area contributed by atoms with Crippen molar-refractivity contribution in [1.29, 1.82) is 0 Å². The molecule has 0 unspecified atom stereocenters. The van der Waals surface area contributed by atoms with Crippen LogP contribution in [0.1, 0.15) is 5.56 Å². The minimum atomic E-state index is -0.503. The first kappa shape index (κ1) is 12.4. The lowest BCUT2D eigenvalue weighted by atomic mass is 10.1. The number of rotatable bonds is 4. The number of nitro benzene ring substituents is 1. The average Bonchev–Trinajstić information content (AvgIpc) is 2.89. The number of hydrogen-bond donors (Lipinski definition) is 1. The van der Waals surface area contributed by atoms with Crippen molar-refractivity contribution < 1.29 is 9.72 Å². The van der Waals surface area contributed by atoms with E-state index in [1.54, 1.807) is 18.2 Å². The van der Waals surface area contributed by atoms with E-state index in [-0.39, 0.29) is 5.69 Å². The molecule has 2 aromatic rings. The molecular formula is C11H9N5O3. The molecule has 0 saturated heterocycles. The summed E-state index contributed by atoms with van der Waals surface area (Å²) in [6.45, 7) is 0. The van der Waals surface area contributed by atoms with Crippen LogP contribution in [0.3, 0.4) is 0 Å². The number of aromatic nitrogens is 3. The van der Waals surface area contributed by atoms with Gasteiger partial charge in [-0.05, 0) is 12.1 Å². The minimum absolute atomic E-state index is 0.0594. The van der Waals surface area contributed by atoms with E-state index in [0.29, 0.717) is 5.56 Å². The maximum atomic E-state index is 11.5. The van der Waals surface area contributed by atoms with Gasteiger partial charge in [0.25, 0.3) is 11.6 Å². The molecule has 0 saturated carbocycles. The highest BCUT2D eigenvalue weighted by molar-refractivity contribution is 5.97. The van der Waals surface area contributed by atoms with E-state index in [2.05, 4.69) is 15.6 Å². The van der Waals surface area contributed by atoms with Crippen LogP contribution in [-0.2, 0) is 4.79 Å². The van der Waals surface area contributed by atoms with E-state index in [4.69, 9.17) is 0 Å². The first-order valence-corrected chi connectivity index (χ1v) is 5.24. The fraction of sp³-hybridized carbons (Fsp3) is 0. The molecule has 1 heterocycles. The molecule has 1 amide bonds. The van der Waals surface area contributed by atoms with E-state index in [9.17, 15) is 14.9 Å². The lowest BCUT2D eigenvalue weighted by molar-refractivity contribution is -0.385. The van der Waals surface area contributed by atoms with E-state index in [1.807, 2.05) is 0 Å². The highest BCUT2D eigenvalue weighted by Gasteiger charge is 2.09. The second-order valence-corrected chi connectivity index (χ2v) is 3.49. The highest BCUT2D eigenvalue weighted by Crippen LogP contribution is 2.18. The van der Waals surface area contributed by atoms with Crippen LogP contribution in [0.25, 0.3) is 6.08 Å². The van der Waals surface area contributed by atoms with E-state index < -0.39 is 10.8 Å². The van der Waals surface area contributed by atoms with Crippen molar-refractivity contribution in [2.45, 2.75) is 0 Å². The summed E-state index contributed by atoms with van der Waals surface area (Å²) in [7, 11) is 0. The van der Waals surface area contributed by atoms with E-state index in [1.165, 1.54) is 35.5 Å². The molecule has 0 spiro atoms. The molecule has 96 valence electrons. The van der Waals surface area contributed by atoms with Gasteiger partial charge < -0.3 is 0 Å². The largest absolute Gasteiger partial charge is 0.276 e. The fourth-order valence-electron chi connectivity index (χ4n) is 1.38. The number of nitrogens with one attached hydrogen (secondary N) is 1. The lowest BCUT2D eigenvalue weighted by Crippen LogP contribution is -2.18. The van der Waals surface area contributed by atoms with Gasteiger partial charge in [-0.3, -0.25) is 20.3 Å². The predicted molar refractivity (Wildman–Crippen MR) is 66.5 cm³/mol. The molecule has 8 nitrogen and oxygen atoms in total. The van der Waals surface area contributed by atoms with Crippen LogP contribution in [0.2, 0.25) is 0 Å². The maximum absolute atomic E-state index is 11.5. The molecule has 0 aliphatic rings. The molecule has 0 atom stereocenters. The summed E-state index contributed by atoms with van der Waals surface area (Å²) in [4.78, 5) is 21.8. The van der Waals surface area contributed by atoms with Crippen LogP contribution >= 0.6 is 0 Å². The van der Waals surface area contributed by atoms with Crippen molar-refractivity contribution >= 4 is 17.7 Å². The Kier molecular flexibility index (Phi) is 3.62. The predicted octanol–water partition coefficient (Wildman–Crippen LogP) is 0.970. The maximum Gasteiger partial charge on any atom is 0.276 e. The SMILES string of the molecule is O=C(C=Cc1ccccc1[N+](=O)[O-])Nn1cnnc1. The van der Waals surface area contributed by atoms with Crippen molar-refractivity contribution in [2.75, 3.05) is 5.43 Å². The normalized spacial score (nSPS) is 10.5. The van der Waals surface area contributed by atoms with Crippen molar-refractivity contribution in [2.24, 2.45) is 0 Å². The lowest BCUT2D eigenvalue weighted by Gasteiger charge is -2.00. The van der Waals surface area contributed by atoms with Crippen LogP contribution in [0.15, 0.2) is 43.0 Å². The van der Waals surface area contributed by atoms with Crippen LogP contribution < -0.4 is 5.43 Å². The molecule has 1 aromatic heterocycles. The molecule has 2 rings (SSSR count). The van der Waals surface area contributed by atoms with Gasteiger partial charge in [0, 0.05) is 12.1 Å². The molecule has 1 aromatic carbocycles. The summed E-state index contributed by atoms with van der Waals surface area (Å²) < 4.78 is 1.27. The van der Waals surface area contributed by atoms with Crippen LogP contribution in [0.5, 0.6) is 0 Å². The van der Waals surface area contributed by atoms with E-state index >= 15 is 0 Å². The topological polar surface area (TPSA) is 103 Å². The third-order valence-corrected chi connectivity index (χ3v) is 2.21. The van der Waals surface area contributed by atoms with Crippen LogP contribution in [0.4, 0.5) is 5.69 Å². The molecule has 0 fully saturated rings. The number of benzene rings is 1. The monoisotopic (exact) mass is 259 g/mol. The second-order valence-electron chi connectivity index (χ2n) is 3.49. The van der Waals surface area contributed by atoms with E-state index in [0.717, 1.165) is 0 Å². The Hall–Kier alpha value is -3.03. The number of carbonyl (C=O) groups is 1.